The van der Waals surface area contributed by atoms with E-state index in [0.717, 1.165) is 69.0 Å². The Balaban J connectivity index is 1.31. The molecule has 0 saturated carbocycles. The van der Waals surface area contributed by atoms with Crippen molar-refractivity contribution in [1.29, 1.82) is 0 Å². The van der Waals surface area contributed by atoms with Crippen LogP contribution in [0.25, 0.3) is 11.4 Å². The average Bonchev–Trinajstić information content (AvgIpc) is 3.50. The third-order valence-corrected chi connectivity index (χ3v) is 5.58. The lowest BCUT2D eigenvalue weighted by Crippen LogP contribution is -2.45. The molecule has 2 N–H and O–H groups in total. The van der Waals surface area contributed by atoms with E-state index >= 15 is 0 Å². The van der Waals surface area contributed by atoms with Crippen LogP contribution >= 0.6 is 0 Å². The van der Waals surface area contributed by atoms with Gasteiger partial charge in [-0.1, -0.05) is 18.5 Å². The SMILES string of the molecule is CCC(=O)N1CCC(NC(=NC)NCCCCCc2nc(-c3ccc(OC)cc3)no2)C1. The van der Waals surface area contributed by atoms with Gasteiger partial charge in [0.1, 0.15) is 5.75 Å². The van der Waals surface area contributed by atoms with Crippen LogP contribution in [-0.4, -0.2) is 66.7 Å². The zero-order valence-electron chi connectivity index (χ0n) is 19.3. The number of ether oxygens (including phenoxy) is 1. The van der Waals surface area contributed by atoms with Gasteiger partial charge in [-0.25, -0.2) is 0 Å². The van der Waals surface area contributed by atoms with Crippen LogP contribution in [0.1, 0.15) is 44.9 Å². The van der Waals surface area contributed by atoms with E-state index in [1.54, 1.807) is 14.2 Å². The molecule has 3 rings (SSSR count). The molecular formula is C23H34N6O3. The number of aryl methyl sites for hydroxylation is 1. The highest BCUT2D eigenvalue weighted by atomic mass is 16.5. The lowest BCUT2D eigenvalue weighted by Gasteiger charge is -2.18. The highest BCUT2D eigenvalue weighted by Gasteiger charge is 2.25. The average molecular weight is 443 g/mol. The van der Waals surface area contributed by atoms with E-state index in [2.05, 4.69) is 25.8 Å². The number of likely N-dealkylation sites (tertiary alicyclic amines) is 1. The summed E-state index contributed by atoms with van der Waals surface area (Å²) in [6.07, 6.45) is 5.33. The van der Waals surface area contributed by atoms with Gasteiger partial charge in [0.15, 0.2) is 5.96 Å². The second-order valence-corrected chi connectivity index (χ2v) is 7.87. The normalized spacial score (nSPS) is 16.3. The highest BCUT2D eigenvalue weighted by Crippen LogP contribution is 2.20. The Bertz CT molecular complexity index is 880. The van der Waals surface area contributed by atoms with E-state index in [4.69, 9.17) is 9.26 Å². The van der Waals surface area contributed by atoms with Crippen molar-refractivity contribution < 1.29 is 14.1 Å². The molecule has 1 fully saturated rings. The van der Waals surface area contributed by atoms with Crippen LogP contribution in [-0.2, 0) is 11.2 Å². The van der Waals surface area contributed by atoms with Crippen LogP contribution in [0.2, 0.25) is 0 Å². The van der Waals surface area contributed by atoms with Gasteiger partial charge in [0, 0.05) is 51.1 Å². The molecule has 2 aromatic rings. The second kappa shape index (κ2) is 12.1. The highest BCUT2D eigenvalue weighted by molar-refractivity contribution is 5.80. The predicted molar refractivity (Wildman–Crippen MR) is 124 cm³/mol. The summed E-state index contributed by atoms with van der Waals surface area (Å²) in [5.41, 5.74) is 0.910. The minimum Gasteiger partial charge on any atom is -0.497 e. The van der Waals surface area contributed by atoms with Gasteiger partial charge in [-0.2, -0.15) is 4.98 Å². The Morgan fingerprint density at radius 3 is 2.81 bits per heavy atom. The monoisotopic (exact) mass is 442 g/mol. The van der Waals surface area contributed by atoms with Crippen molar-refractivity contribution in [2.24, 2.45) is 4.99 Å². The van der Waals surface area contributed by atoms with Crippen molar-refractivity contribution in [3.8, 4) is 17.1 Å². The summed E-state index contributed by atoms with van der Waals surface area (Å²) in [5.74, 6) is 3.07. The maximum atomic E-state index is 11.8. The molecule has 1 saturated heterocycles. The summed E-state index contributed by atoms with van der Waals surface area (Å²) in [5, 5.41) is 10.9. The first-order valence-corrected chi connectivity index (χ1v) is 11.3. The largest absolute Gasteiger partial charge is 0.497 e. The summed E-state index contributed by atoms with van der Waals surface area (Å²) >= 11 is 0. The van der Waals surface area contributed by atoms with Crippen molar-refractivity contribution >= 4 is 11.9 Å². The summed E-state index contributed by atoms with van der Waals surface area (Å²) in [6, 6.07) is 7.87. The Hall–Kier alpha value is -3.10. The summed E-state index contributed by atoms with van der Waals surface area (Å²) in [6.45, 7) is 4.31. The van der Waals surface area contributed by atoms with Crippen LogP contribution in [0.5, 0.6) is 5.75 Å². The van der Waals surface area contributed by atoms with Crippen molar-refractivity contribution in [2.45, 2.75) is 51.5 Å². The number of nitrogens with one attached hydrogen (secondary N) is 2. The van der Waals surface area contributed by atoms with Crippen LogP contribution in [0.4, 0.5) is 0 Å². The molecule has 0 spiro atoms. The molecule has 1 aliphatic rings. The number of amides is 1. The maximum absolute atomic E-state index is 11.8. The van der Waals surface area contributed by atoms with Crippen molar-refractivity contribution in [1.82, 2.24) is 25.7 Å². The summed E-state index contributed by atoms with van der Waals surface area (Å²) in [7, 11) is 3.42. The van der Waals surface area contributed by atoms with E-state index in [0.29, 0.717) is 18.1 Å². The fourth-order valence-electron chi connectivity index (χ4n) is 3.71. The molecule has 0 aliphatic carbocycles. The number of carbonyl (C=O) groups is 1. The minimum atomic E-state index is 0.217. The van der Waals surface area contributed by atoms with E-state index in [9.17, 15) is 4.79 Å². The van der Waals surface area contributed by atoms with Gasteiger partial charge in [0.25, 0.3) is 0 Å². The van der Waals surface area contributed by atoms with E-state index in [-0.39, 0.29) is 11.9 Å². The third kappa shape index (κ3) is 6.70. The van der Waals surface area contributed by atoms with E-state index < -0.39 is 0 Å². The van der Waals surface area contributed by atoms with Gasteiger partial charge in [-0.3, -0.25) is 9.79 Å². The first kappa shape index (κ1) is 23.6. The van der Waals surface area contributed by atoms with Gasteiger partial charge < -0.3 is 24.8 Å². The van der Waals surface area contributed by atoms with Crippen LogP contribution < -0.4 is 15.4 Å². The number of aromatic nitrogens is 2. The number of hydrogen-bond acceptors (Lipinski definition) is 6. The number of carbonyl (C=O) groups excluding carboxylic acids is 1. The lowest BCUT2D eigenvalue weighted by atomic mass is 10.2. The van der Waals surface area contributed by atoms with Crippen LogP contribution in [0, 0.1) is 0 Å². The zero-order valence-corrected chi connectivity index (χ0v) is 19.3. The third-order valence-electron chi connectivity index (χ3n) is 5.58. The fraction of sp³-hybridized carbons (Fsp3) is 0.565. The Labute approximate surface area is 189 Å². The number of rotatable bonds is 10. The van der Waals surface area contributed by atoms with Gasteiger partial charge >= 0.3 is 0 Å². The predicted octanol–water partition coefficient (Wildman–Crippen LogP) is 2.63. The Morgan fingerprint density at radius 2 is 2.09 bits per heavy atom. The number of hydrogen-bond donors (Lipinski definition) is 2. The molecule has 2 heterocycles. The maximum Gasteiger partial charge on any atom is 0.226 e. The Morgan fingerprint density at radius 1 is 1.28 bits per heavy atom. The standard InChI is InChI=1S/C23H34N6O3/c1-4-21(30)29-15-13-18(16-29)26-23(24-2)25-14-7-5-6-8-20-27-22(28-32-20)17-9-11-19(31-3)12-10-17/h9-12,18H,4-8,13-16H2,1-3H3,(H2,24,25,26). The quantitative estimate of drug-likeness (QED) is 0.331. The number of guanidine groups is 1. The molecule has 1 unspecified atom stereocenters. The van der Waals surface area contributed by atoms with Crippen molar-refractivity contribution in [3.05, 3.63) is 30.2 Å². The fourth-order valence-corrected chi connectivity index (χ4v) is 3.71. The van der Waals surface area contributed by atoms with Gasteiger partial charge in [0.05, 0.1) is 7.11 Å². The molecular weight excluding hydrogens is 408 g/mol. The molecule has 1 aliphatic heterocycles. The van der Waals surface area contributed by atoms with Crippen molar-refractivity contribution in [2.75, 3.05) is 33.8 Å². The zero-order chi connectivity index (χ0) is 22.8. The first-order valence-electron chi connectivity index (χ1n) is 11.3. The number of benzene rings is 1. The Kier molecular flexibility index (Phi) is 8.89. The molecule has 0 bridgehead atoms. The topological polar surface area (TPSA) is 105 Å². The number of methoxy groups -OCH3 is 1. The van der Waals surface area contributed by atoms with Crippen LogP contribution in [0.15, 0.2) is 33.8 Å². The first-order chi connectivity index (χ1) is 15.6. The molecule has 1 atom stereocenters. The molecule has 9 nitrogen and oxygen atoms in total. The minimum absolute atomic E-state index is 0.217. The molecule has 32 heavy (non-hydrogen) atoms. The molecule has 9 heteroatoms. The van der Waals surface area contributed by atoms with Gasteiger partial charge in [-0.15, -0.1) is 0 Å². The molecule has 0 radical (unpaired) electrons. The molecule has 1 aromatic carbocycles. The molecule has 174 valence electrons. The molecule has 1 amide bonds. The number of nitrogens with zero attached hydrogens (tertiary/aromatic N) is 4. The summed E-state index contributed by atoms with van der Waals surface area (Å²) in [4.78, 5) is 22.5. The number of unbranched alkanes of at least 4 members (excludes halogenated alkanes) is 2. The van der Waals surface area contributed by atoms with E-state index in [1.165, 1.54) is 0 Å². The number of aliphatic imine (C=N–C) groups is 1. The van der Waals surface area contributed by atoms with Gasteiger partial charge in [0.2, 0.25) is 17.6 Å². The van der Waals surface area contributed by atoms with Gasteiger partial charge in [-0.05, 0) is 43.5 Å². The van der Waals surface area contributed by atoms with Crippen molar-refractivity contribution in [3.63, 3.8) is 0 Å². The second-order valence-electron chi connectivity index (χ2n) is 7.87. The molecule has 1 aromatic heterocycles. The lowest BCUT2D eigenvalue weighted by molar-refractivity contribution is -0.129. The van der Waals surface area contributed by atoms with Crippen LogP contribution in [0.3, 0.4) is 0 Å². The smallest absolute Gasteiger partial charge is 0.226 e. The summed E-state index contributed by atoms with van der Waals surface area (Å²) < 4.78 is 10.6. The van der Waals surface area contributed by atoms with E-state index in [1.807, 2.05) is 36.1 Å².